The Labute approximate surface area is 121 Å². The second-order valence-corrected chi connectivity index (χ2v) is 5.34. The van der Waals surface area contributed by atoms with Gasteiger partial charge in [-0.25, -0.2) is 9.37 Å². The van der Waals surface area contributed by atoms with Crippen LogP contribution in [0.25, 0.3) is 5.69 Å². The Hall–Kier alpha value is -1.43. The maximum absolute atomic E-state index is 13.4. The maximum atomic E-state index is 13.4. The minimum absolute atomic E-state index is 0.209. The van der Waals surface area contributed by atoms with Crippen molar-refractivity contribution < 1.29 is 9.13 Å². The fraction of sp³-hybridized carbons (Fsp3) is 0.357. The minimum Gasteiger partial charge on any atom is -0.381 e. The van der Waals surface area contributed by atoms with Gasteiger partial charge in [-0.1, -0.05) is 11.6 Å². The van der Waals surface area contributed by atoms with Gasteiger partial charge in [0, 0.05) is 12.5 Å². The average molecular weight is 296 g/mol. The molecule has 2 heterocycles. The molecule has 1 aliphatic rings. The number of hydrogen-bond donors (Lipinski definition) is 1. The van der Waals surface area contributed by atoms with Crippen LogP contribution in [-0.4, -0.2) is 22.8 Å². The molecule has 0 radical (unpaired) electrons. The number of benzene rings is 1. The molecule has 1 aromatic heterocycles. The SMILES string of the molecule is NC(c1cncn1-c1cc(F)ccc1Cl)C1CCOC1. The van der Waals surface area contributed by atoms with E-state index in [2.05, 4.69) is 4.98 Å². The number of aromatic nitrogens is 2. The van der Waals surface area contributed by atoms with Crippen molar-refractivity contribution in [1.29, 1.82) is 0 Å². The summed E-state index contributed by atoms with van der Waals surface area (Å²) in [6, 6.07) is 4.03. The number of nitrogens with zero attached hydrogens (tertiary/aromatic N) is 2. The van der Waals surface area contributed by atoms with E-state index >= 15 is 0 Å². The van der Waals surface area contributed by atoms with E-state index in [1.54, 1.807) is 17.1 Å². The van der Waals surface area contributed by atoms with E-state index in [-0.39, 0.29) is 17.8 Å². The van der Waals surface area contributed by atoms with E-state index in [9.17, 15) is 4.39 Å². The quantitative estimate of drug-likeness (QED) is 0.947. The zero-order valence-corrected chi connectivity index (χ0v) is 11.6. The summed E-state index contributed by atoms with van der Waals surface area (Å²) in [4.78, 5) is 4.12. The van der Waals surface area contributed by atoms with Crippen LogP contribution in [0.5, 0.6) is 0 Å². The molecule has 0 bridgehead atoms. The topological polar surface area (TPSA) is 53.1 Å². The van der Waals surface area contributed by atoms with E-state index in [1.165, 1.54) is 18.2 Å². The Morgan fingerprint density at radius 1 is 1.50 bits per heavy atom. The second kappa shape index (κ2) is 5.52. The summed E-state index contributed by atoms with van der Waals surface area (Å²) in [7, 11) is 0. The first-order valence-corrected chi connectivity index (χ1v) is 6.85. The highest BCUT2D eigenvalue weighted by molar-refractivity contribution is 6.32. The molecule has 0 aliphatic carbocycles. The Balaban J connectivity index is 1.99. The monoisotopic (exact) mass is 295 g/mol. The fourth-order valence-electron chi connectivity index (χ4n) is 2.50. The predicted molar refractivity (Wildman–Crippen MR) is 74.4 cm³/mol. The molecule has 1 saturated heterocycles. The molecule has 6 heteroatoms. The highest BCUT2D eigenvalue weighted by atomic mass is 35.5. The lowest BCUT2D eigenvalue weighted by atomic mass is 9.97. The average Bonchev–Trinajstić information content (AvgIpc) is 3.11. The molecule has 1 aromatic carbocycles. The van der Waals surface area contributed by atoms with Crippen molar-refractivity contribution in [2.75, 3.05) is 13.2 Å². The van der Waals surface area contributed by atoms with Crippen molar-refractivity contribution in [1.82, 2.24) is 9.55 Å². The van der Waals surface area contributed by atoms with Crippen LogP contribution in [-0.2, 0) is 4.74 Å². The van der Waals surface area contributed by atoms with Crippen molar-refractivity contribution >= 4 is 11.6 Å². The number of imidazole rings is 1. The molecule has 2 atom stereocenters. The fourth-order valence-corrected chi connectivity index (χ4v) is 2.71. The summed E-state index contributed by atoms with van der Waals surface area (Å²) < 4.78 is 20.5. The zero-order valence-electron chi connectivity index (χ0n) is 10.8. The molecule has 2 N–H and O–H groups in total. The van der Waals surface area contributed by atoms with Crippen LogP contribution < -0.4 is 5.73 Å². The smallest absolute Gasteiger partial charge is 0.125 e. The van der Waals surface area contributed by atoms with Gasteiger partial charge in [0.1, 0.15) is 5.82 Å². The lowest BCUT2D eigenvalue weighted by Gasteiger charge is -2.20. The number of ether oxygens (including phenoxy) is 1. The molecular formula is C14H15ClFN3O. The lowest BCUT2D eigenvalue weighted by molar-refractivity contribution is 0.180. The van der Waals surface area contributed by atoms with Gasteiger partial charge in [-0.15, -0.1) is 0 Å². The third kappa shape index (κ3) is 2.44. The summed E-state index contributed by atoms with van der Waals surface area (Å²) in [5.41, 5.74) is 7.66. The predicted octanol–water partition coefficient (Wildman–Crippen LogP) is 2.70. The van der Waals surface area contributed by atoms with Crippen LogP contribution in [0.2, 0.25) is 5.02 Å². The summed E-state index contributed by atoms with van der Waals surface area (Å²) in [5, 5.41) is 0.459. The summed E-state index contributed by atoms with van der Waals surface area (Å²) in [6.45, 7) is 1.37. The second-order valence-electron chi connectivity index (χ2n) is 4.93. The van der Waals surface area contributed by atoms with E-state index in [4.69, 9.17) is 22.1 Å². The molecule has 20 heavy (non-hydrogen) atoms. The Morgan fingerprint density at radius 3 is 3.10 bits per heavy atom. The van der Waals surface area contributed by atoms with Crippen LogP contribution in [0.4, 0.5) is 4.39 Å². The third-order valence-electron chi connectivity index (χ3n) is 3.65. The Bertz CT molecular complexity index is 610. The van der Waals surface area contributed by atoms with Gasteiger partial charge in [0.25, 0.3) is 0 Å². The molecule has 1 fully saturated rings. The molecule has 0 saturated carbocycles. The number of rotatable bonds is 3. The minimum atomic E-state index is -0.346. The van der Waals surface area contributed by atoms with Crippen LogP contribution in [0.15, 0.2) is 30.7 Å². The van der Waals surface area contributed by atoms with Crippen LogP contribution in [0.3, 0.4) is 0 Å². The van der Waals surface area contributed by atoms with Gasteiger partial charge >= 0.3 is 0 Å². The van der Waals surface area contributed by atoms with E-state index in [0.717, 1.165) is 18.7 Å². The van der Waals surface area contributed by atoms with Crippen molar-refractivity contribution in [3.63, 3.8) is 0 Å². The summed E-state index contributed by atoms with van der Waals surface area (Å²) in [5.74, 6) is -0.0976. The van der Waals surface area contributed by atoms with Crippen LogP contribution >= 0.6 is 11.6 Å². The first-order valence-electron chi connectivity index (χ1n) is 6.48. The van der Waals surface area contributed by atoms with Crippen molar-refractivity contribution in [3.05, 3.63) is 47.3 Å². The van der Waals surface area contributed by atoms with E-state index in [1.807, 2.05) is 0 Å². The highest BCUT2D eigenvalue weighted by Crippen LogP contribution is 2.30. The first kappa shape index (κ1) is 13.5. The Morgan fingerprint density at radius 2 is 2.35 bits per heavy atom. The molecule has 0 spiro atoms. The van der Waals surface area contributed by atoms with Gasteiger partial charge in [-0.2, -0.15) is 0 Å². The first-order chi connectivity index (χ1) is 9.66. The molecule has 3 rings (SSSR count). The molecule has 0 amide bonds. The molecule has 2 aromatic rings. The van der Waals surface area contributed by atoms with Gasteiger partial charge in [-0.3, -0.25) is 0 Å². The molecule has 4 nitrogen and oxygen atoms in total. The lowest BCUT2D eigenvalue weighted by Crippen LogP contribution is -2.24. The standard InChI is InChI=1S/C14H15ClFN3O/c15-11-2-1-10(16)5-12(11)19-8-18-6-13(19)14(17)9-3-4-20-7-9/h1-2,5-6,8-9,14H,3-4,7,17H2. The number of halogens is 2. The van der Waals surface area contributed by atoms with Gasteiger partial charge in [0.05, 0.1) is 41.6 Å². The third-order valence-corrected chi connectivity index (χ3v) is 3.97. The van der Waals surface area contributed by atoms with Gasteiger partial charge < -0.3 is 15.0 Å². The highest BCUT2D eigenvalue weighted by Gasteiger charge is 2.27. The molecular weight excluding hydrogens is 281 g/mol. The molecule has 106 valence electrons. The summed E-state index contributed by atoms with van der Waals surface area (Å²) >= 11 is 6.14. The van der Waals surface area contributed by atoms with E-state index < -0.39 is 0 Å². The van der Waals surface area contributed by atoms with Crippen molar-refractivity contribution in [2.45, 2.75) is 12.5 Å². The normalized spacial score (nSPS) is 20.2. The van der Waals surface area contributed by atoms with E-state index in [0.29, 0.717) is 17.3 Å². The van der Waals surface area contributed by atoms with Gasteiger partial charge in [0.15, 0.2) is 0 Å². The number of hydrogen-bond acceptors (Lipinski definition) is 3. The van der Waals surface area contributed by atoms with Crippen molar-refractivity contribution in [2.24, 2.45) is 11.7 Å². The molecule has 1 aliphatic heterocycles. The zero-order chi connectivity index (χ0) is 14.1. The molecule has 2 unspecified atom stereocenters. The number of nitrogens with two attached hydrogens (primary N) is 1. The van der Waals surface area contributed by atoms with Crippen LogP contribution in [0.1, 0.15) is 18.2 Å². The largest absolute Gasteiger partial charge is 0.381 e. The van der Waals surface area contributed by atoms with Crippen molar-refractivity contribution in [3.8, 4) is 5.69 Å². The van der Waals surface area contributed by atoms with Crippen LogP contribution in [0, 0.1) is 11.7 Å². The summed E-state index contributed by atoms with van der Waals surface area (Å²) in [6.07, 6.45) is 4.22. The van der Waals surface area contributed by atoms with Gasteiger partial charge in [0.2, 0.25) is 0 Å². The Kier molecular flexibility index (Phi) is 3.74. The van der Waals surface area contributed by atoms with Gasteiger partial charge in [-0.05, 0) is 24.6 Å². The maximum Gasteiger partial charge on any atom is 0.125 e.